The predicted octanol–water partition coefficient (Wildman–Crippen LogP) is 3.77. The molecule has 1 aromatic carbocycles. The lowest BCUT2D eigenvalue weighted by atomic mass is 9.98. The minimum Gasteiger partial charge on any atom is -0.360 e. The van der Waals surface area contributed by atoms with Gasteiger partial charge < -0.3 is 4.52 Å². The fraction of sp³-hybridized carbons (Fsp3) is 0.222. The van der Waals surface area contributed by atoms with Crippen molar-refractivity contribution in [3.05, 3.63) is 59.2 Å². The summed E-state index contributed by atoms with van der Waals surface area (Å²) in [6.07, 6.45) is 3.56. The van der Waals surface area contributed by atoms with E-state index in [9.17, 15) is 8.42 Å². The lowest BCUT2D eigenvalue weighted by molar-refractivity contribution is 0.390. The maximum Gasteiger partial charge on any atom is 0.267 e. The van der Waals surface area contributed by atoms with Crippen LogP contribution in [-0.2, 0) is 10.0 Å². The number of aromatic nitrogens is 2. The maximum absolute atomic E-state index is 12.6. The van der Waals surface area contributed by atoms with Crippen LogP contribution in [0.1, 0.15) is 22.6 Å². The fourth-order valence-corrected chi connectivity index (χ4v) is 4.22. The minimum absolute atomic E-state index is 0.0809. The highest BCUT2D eigenvalue weighted by atomic mass is 32.2. The molecule has 0 saturated heterocycles. The summed E-state index contributed by atoms with van der Waals surface area (Å²) in [5.41, 5.74) is 4.94. The standard InChI is InChI=1S/C18H19N3O3S/c1-11-7-8-19-10-17(11)16-6-5-15(9-12(16)2)21-25(22,23)18-13(3)20-24-14(18)4/h5-10,21H,1-4H3. The van der Waals surface area contributed by atoms with Gasteiger partial charge in [-0.05, 0) is 62.6 Å². The van der Waals surface area contributed by atoms with Crippen molar-refractivity contribution in [1.29, 1.82) is 0 Å². The van der Waals surface area contributed by atoms with E-state index >= 15 is 0 Å². The Kier molecular flexibility index (Phi) is 4.34. The van der Waals surface area contributed by atoms with Gasteiger partial charge in [-0.1, -0.05) is 11.2 Å². The van der Waals surface area contributed by atoms with Crippen LogP contribution in [0.4, 0.5) is 5.69 Å². The van der Waals surface area contributed by atoms with Gasteiger partial charge in [0.15, 0.2) is 10.7 Å². The minimum atomic E-state index is -3.75. The topological polar surface area (TPSA) is 85.1 Å². The number of pyridine rings is 1. The average molecular weight is 357 g/mol. The van der Waals surface area contributed by atoms with Crippen LogP contribution in [-0.4, -0.2) is 18.6 Å². The van der Waals surface area contributed by atoms with Gasteiger partial charge >= 0.3 is 0 Å². The molecule has 2 aromatic heterocycles. The number of hydrogen-bond acceptors (Lipinski definition) is 5. The quantitative estimate of drug-likeness (QED) is 0.768. The number of rotatable bonds is 4. The zero-order valence-electron chi connectivity index (χ0n) is 14.5. The molecule has 6 nitrogen and oxygen atoms in total. The van der Waals surface area contributed by atoms with Crippen LogP contribution in [0, 0.1) is 27.7 Å². The van der Waals surface area contributed by atoms with E-state index in [0.717, 1.165) is 22.3 Å². The fourth-order valence-electron chi connectivity index (χ4n) is 2.84. The molecule has 3 rings (SSSR count). The van der Waals surface area contributed by atoms with E-state index < -0.39 is 10.0 Å². The summed E-state index contributed by atoms with van der Waals surface area (Å²) in [7, 11) is -3.75. The molecule has 0 aliphatic heterocycles. The Morgan fingerprint density at radius 1 is 1.00 bits per heavy atom. The zero-order chi connectivity index (χ0) is 18.2. The monoisotopic (exact) mass is 357 g/mol. The van der Waals surface area contributed by atoms with Crippen LogP contribution in [0.3, 0.4) is 0 Å². The van der Waals surface area contributed by atoms with Crippen molar-refractivity contribution in [2.45, 2.75) is 32.6 Å². The van der Waals surface area contributed by atoms with Gasteiger partial charge in [-0.15, -0.1) is 0 Å². The van der Waals surface area contributed by atoms with Gasteiger partial charge in [-0.3, -0.25) is 9.71 Å². The number of aryl methyl sites for hydroxylation is 4. The van der Waals surface area contributed by atoms with Gasteiger partial charge in [0.05, 0.1) is 0 Å². The molecule has 0 fully saturated rings. The van der Waals surface area contributed by atoms with Crippen LogP contribution >= 0.6 is 0 Å². The van der Waals surface area contributed by atoms with E-state index in [1.54, 1.807) is 32.2 Å². The smallest absolute Gasteiger partial charge is 0.267 e. The number of nitrogens with one attached hydrogen (secondary N) is 1. The molecule has 0 aliphatic carbocycles. The highest BCUT2D eigenvalue weighted by Crippen LogP contribution is 2.29. The molecule has 2 heterocycles. The first kappa shape index (κ1) is 17.2. The van der Waals surface area contributed by atoms with Gasteiger partial charge in [0, 0.05) is 23.6 Å². The number of anilines is 1. The molecule has 0 amide bonds. The van der Waals surface area contributed by atoms with E-state index in [1.807, 2.05) is 32.2 Å². The highest BCUT2D eigenvalue weighted by molar-refractivity contribution is 7.92. The molecule has 0 spiro atoms. The molecule has 7 heteroatoms. The van der Waals surface area contributed by atoms with Crippen molar-refractivity contribution in [3.8, 4) is 11.1 Å². The normalized spacial score (nSPS) is 11.5. The lowest BCUT2D eigenvalue weighted by Gasteiger charge is -2.12. The van der Waals surface area contributed by atoms with Crippen molar-refractivity contribution < 1.29 is 12.9 Å². The third kappa shape index (κ3) is 3.28. The Bertz CT molecular complexity index is 1020. The van der Waals surface area contributed by atoms with Crippen LogP contribution in [0.5, 0.6) is 0 Å². The van der Waals surface area contributed by atoms with E-state index in [4.69, 9.17) is 4.52 Å². The van der Waals surface area contributed by atoms with Gasteiger partial charge in [0.2, 0.25) is 0 Å². The second-order valence-corrected chi connectivity index (χ2v) is 7.60. The first-order valence-corrected chi connectivity index (χ1v) is 9.25. The Morgan fingerprint density at radius 2 is 1.76 bits per heavy atom. The molecule has 0 aliphatic rings. The molecule has 0 saturated carbocycles. The van der Waals surface area contributed by atoms with Gasteiger partial charge in [-0.2, -0.15) is 0 Å². The SMILES string of the molecule is Cc1cc(NS(=O)(=O)c2c(C)noc2C)ccc1-c1cnccc1C. The highest BCUT2D eigenvalue weighted by Gasteiger charge is 2.24. The third-order valence-electron chi connectivity index (χ3n) is 4.04. The second-order valence-electron chi connectivity index (χ2n) is 5.98. The van der Waals surface area contributed by atoms with Crippen LogP contribution in [0.25, 0.3) is 11.1 Å². The Hall–Kier alpha value is -2.67. The largest absolute Gasteiger partial charge is 0.360 e. The molecule has 25 heavy (non-hydrogen) atoms. The van der Waals surface area contributed by atoms with Crippen LogP contribution in [0.2, 0.25) is 0 Å². The van der Waals surface area contributed by atoms with Crippen molar-refractivity contribution in [2.75, 3.05) is 4.72 Å². The third-order valence-corrected chi connectivity index (χ3v) is 5.67. The Balaban J connectivity index is 1.96. The molecule has 130 valence electrons. The average Bonchev–Trinajstić information content (AvgIpc) is 2.88. The van der Waals surface area contributed by atoms with Gasteiger partial charge in [0.1, 0.15) is 5.69 Å². The van der Waals surface area contributed by atoms with Gasteiger partial charge in [0.25, 0.3) is 10.0 Å². The molecule has 0 atom stereocenters. The molecule has 1 N–H and O–H groups in total. The van der Waals surface area contributed by atoms with Crippen molar-refractivity contribution in [1.82, 2.24) is 10.1 Å². The van der Waals surface area contributed by atoms with Crippen LogP contribution < -0.4 is 4.72 Å². The van der Waals surface area contributed by atoms with E-state index in [-0.39, 0.29) is 10.7 Å². The number of nitrogens with zero attached hydrogens (tertiary/aromatic N) is 2. The second kappa shape index (κ2) is 6.33. The first-order valence-electron chi connectivity index (χ1n) is 7.77. The number of benzene rings is 1. The summed E-state index contributed by atoms with van der Waals surface area (Å²) in [4.78, 5) is 4.25. The zero-order valence-corrected chi connectivity index (χ0v) is 15.3. The van der Waals surface area contributed by atoms with E-state index in [0.29, 0.717) is 11.4 Å². The molecule has 0 bridgehead atoms. The summed E-state index contributed by atoms with van der Waals surface area (Å²) in [5, 5.41) is 3.70. The molecule has 0 unspecified atom stereocenters. The Morgan fingerprint density at radius 3 is 2.36 bits per heavy atom. The summed E-state index contributed by atoms with van der Waals surface area (Å²) in [6.45, 7) is 7.14. The first-order chi connectivity index (χ1) is 11.8. The summed E-state index contributed by atoms with van der Waals surface area (Å²) < 4.78 is 32.8. The van der Waals surface area contributed by atoms with Gasteiger partial charge in [-0.25, -0.2) is 8.42 Å². The molecule has 0 radical (unpaired) electrons. The molecule has 3 aromatic rings. The predicted molar refractivity (Wildman–Crippen MR) is 95.9 cm³/mol. The number of hydrogen-bond donors (Lipinski definition) is 1. The maximum atomic E-state index is 12.6. The summed E-state index contributed by atoms with van der Waals surface area (Å²) in [6, 6.07) is 7.38. The Labute approximate surface area is 147 Å². The van der Waals surface area contributed by atoms with E-state index in [1.165, 1.54) is 0 Å². The lowest BCUT2D eigenvalue weighted by Crippen LogP contribution is -2.14. The number of sulfonamides is 1. The molecular weight excluding hydrogens is 338 g/mol. The van der Waals surface area contributed by atoms with Crippen molar-refractivity contribution in [2.24, 2.45) is 0 Å². The van der Waals surface area contributed by atoms with Crippen molar-refractivity contribution >= 4 is 15.7 Å². The summed E-state index contributed by atoms with van der Waals surface area (Å²) in [5.74, 6) is 0.268. The van der Waals surface area contributed by atoms with Crippen molar-refractivity contribution in [3.63, 3.8) is 0 Å². The molecular formula is C18H19N3O3S. The summed E-state index contributed by atoms with van der Waals surface area (Å²) >= 11 is 0. The van der Waals surface area contributed by atoms with E-state index in [2.05, 4.69) is 14.9 Å². The van der Waals surface area contributed by atoms with Crippen LogP contribution in [0.15, 0.2) is 46.1 Å².